The number of ether oxygens (including phenoxy) is 2. The fourth-order valence-electron chi connectivity index (χ4n) is 2.22. The third-order valence-electron chi connectivity index (χ3n) is 3.09. The Morgan fingerprint density at radius 2 is 1.88 bits per heavy atom. The van der Waals surface area contributed by atoms with Crippen molar-refractivity contribution in [2.24, 2.45) is 5.92 Å². The van der Waals surface area contributed by atoms with Crippen LogP contribution >= 0.6 is 0 Å². The van der Waals surface area contributed by atoms with Gasteiger partial charge < -0.3 is 9.47 Å². The minimum absolute atomic E-state index is 0.166. The van der Waals surface area contributed by atoms with Crippen LogP contribution < -0.4 is 0 Å². The van der Waals surface area contributed by atoms with Gasteiger partial charge in [-0.25, -0.2) is 0 Å². The van der Waals surface area contributed by atoms with Gasteiger partial charge >= 0.3 is 5.97 Å². The molecule has 0 aromatic rings. The Bertz CT molecular complexity index is 242. The van der Waals surface area contributed by atoms with Crippen LogP contribution in [0.15, 0.2) is 0 Å². The lowest BCUT2D eigenvalue weighted by atomic mass is 9.88. The van der Waals surface area contributed by atoms with Gasteiger partial charge in [0.2, 0.25) is 0 Å². The first-order valence-corrected chi connectivity index (χ1v) is 6.72. The fourth-order valence-corrected chi connectivity index (χ4v) is 2.22. The van der Waals surface area contributed by atoms with Crippen LogP contribution in [0.3, 0.4) is 0 Å². The standard InChI is InChI=1S/C14H26O3/c1-11-7-5-6-8-12(11)16-10-9-13(15)17-14(2,3)4/h11-12H,5-10H2,1-4H3. The molecule has 0 radical (unpaired) electrons. The lowest BCUT2D eigenvalue weighted by Gasteiger charge is -2.28. The zero-order valence-electron chi connectivity index (χ0n) is 11.6. The first kappa shape index (κ1) is 14.5. The molecule has 1 aliphatic rings. The van der Waals surface area contributed by atoms with Crippen LogP contribution in [-0.4, -0.2) is 24.3 Å². The number of hydrogen-bond donors (Lipinski definition) is 0. The highest BCUT2D eigenvalue weighted by atomic mass is 16.6. The van der Waals surface area contributed by atoms with E-state index in [9.17, 15) is 4.79 Å². The molecule has 3 heteroatoms. The number of carbonyl (C=O) groups excluding carboxylic acids is 1. The highest BCUT2D eigenvalue weighted by Crippen LogP contribution is 2.26. The van der Waals surface area contributed by atoms with Crippen molar-refractivity contribution in [1.29, 1.82) is 0 Å². The van der Waals surface area contributed by atoms with E-state index in [1.54, 1.807) is 0 Å². The van der Waals surface area contributed by atoms with Gasteiger partial charge in [0.05, 0.1) is 19.1 Å². The van der Waals surface area contributed by atoms with Gasteiger partial charge in [-0.15, -0.1) is 0 Å². The minimum atomic E-state index is -0.394. The van der Waals surface area contributed by atoms with E-state index in [4.69, 9.17) is 9.47 Å². The van der Waals surface area contributed by atoms with Crippen molar-refractivity contribution in [3.8, 4) is 0 Å². The van der Waals surface area contributed by atoms with E-state index in [-0.39, 0.29) is 5.97 Å². The van der Waals surface area contributed by atoms with E-state index < -0.39 is 5.60 Å². The summed E-state index contributed by atoms with van der Waals surface area (Å²) in [6, 6.07) is 0. The van der Waals surface area contributed by atoms with Crippen molar-refractivity contribution >= 4 is 5.97 Å². The molecule has 3 nitrogen and oxygen atoms in total. The predicted octanol–water partition coefficient (Wildman–Crippen LogP) is 3.31. The molecule has 0 aromatic heterocycles. The second-order valence-electron chi connectivity index (χ2n) is 6.01. The summed E-state index contributed by atoms with van der Waals surface area (Å²) in [5.74, 6) is 0.461. The van der Waals surface area contributed by atoms with Crippen molar-refractivity contribution in [2.45, 2.75) is 71.5 Å². The summed E-state index contributed by atoms with van der Waals surface area (Å²) < 4.78 is 11.0. The lowest BCUT2D eigenvalue weighted by molar-refractivity contribution is -0.156. The average molecular weight is 242 g/mol. The van der Waals surface area contributed by atoms with Crippen LogP contribution in [0, 0.1) is 5.92 Å². The van der Waals surface area contributed by atoms with Crippen molar-refractivity contribution in [2.75, 3.05) is 6.61 Å². The Morgan fingerprint density at radius 1 is 1.24 bits per heavy atom. The molecule has 1 aliphatic carbocycles. The van der Waals surface area contributed by atoms with Crippen LogP contribution in [-0.2, 0) is 14.3 Å². The maximum Gasteiger partial charge on any atom is 0.308 e. The molecule has 100 valence electrons. The molecule has 0 aromatic carbocycles. The van der Waals surface area contributed by atoms with Gasteiger partial charge in [-0.05, 0) is 39.5 Å². The summed E-state index contributed by atoms with van der Waals surface area (Å²) in [6.45, 7) is 8.38. The second kappa shape index (κ2) is 6.39. The zero-order valence-corrected chi connectivity index (χ0v) is 11.6. The molecule has 1 rings (SSSR count). The molecule has 0 amide bonds. The van der Waals surface area contributed by atoms with Gasteiger partial charge in [0.25, 0.3) is 0 Å². The first-order valence-electron chi connectivity index (χ1n) is 6.72. The smallest absolute Gasteiger partial charge is 0.308 e. The third-order valence-corrected chi connectivity index (χ3v) is 3.09. The number of carbonyl (C=O) groups is 1. The summed E-state index contributed by atoms with van der Waals surface area (Å²) >= 11 is 0. The maximum absolute atomic E-state index is 11.5. The fraction of sp³-hybridized carbons (Fsp3) is 0.929. The predicted molar refractivity (Wildman–Crippen MR) is 67.8 cm³/mol. The average Bonchev–Trinajstić information content (AvgIpc) is 2.18. The lowest BCUT2D eigenvalue weighted by Crippen LogP contribution is -2.28. The van der Waals surface area contributed by atoms with Crippen LogP contribution in [0.4, 0.5) is 0 Å². The van der Waals surface area contributed by atoms with Gasteiger partial charge in [0.15, 0.2) is 0 Å². The van der Waals surface area contributed by atoms with E-state index in [2.05, 4.69) is 6.92 Å². The molecule has 0 saturated heterocycles. The monoisotopic (exact) mass is 242 g/mol. The number of esters is 1. The third kappa shape index (κ3) is 6.06. The molecular formula is C14H26O3. The summed E-state index contributed by atoms with van der Waals surface area (Å²) in [4.78, 5) is 11.5. The van der Waals surface area contributed by atoms with Crippen LogP contribution in [0.5, 0.6) is 0 Å². The van der Waals surface area contributed by atoms with Gasteiger partial charge in [0.1, 0.15) is 5.60 Å². The Balaban J connectivity index is 2.16. The van der Waals surface area contributed by atoms with E-state index in [1.807, 2.05) is 20.8 Å². The molecule has 0 heterocycles. The van der Waals surface area contributed by atoms with E-state index in [1.165, 1.54) is 19.3 Å². The van der Waals surface area contributed by atoms with Crippen LogP contribution in [0.25, 0.3) is 0 Å². The zero-order chi connectivity index (χ0) is 12.9. The molecular weight excluding hydrogens is 216 g/mol. The Hall–Kier alpha value is -0.570. The maximum atomic E-state index is 11.5. The first-order chi connectivity index (χ1) is 7.88. The van der Waals surface area contributed by atoms with Crippen molar-refractivity contribution in [1.82, 2.24) is 0 Å². The Labute approximate surface area is 105 Å². The molecule has 0 bridgehead atoms. The molecule has 1 saturated carbocycles. The Kier molecular flexibility index (Phi) is 5.44. The van der Waals surface area contributed by atoms with Gasteiger partial charge in [-0.3, -0.25) is 4.79 Å². The van der Waals surface area contributed by atoms with Crippen molar-refractivity contribution < 1.29 is 14.3 Å². The van der Waals surface area contributed by atoms with Crippen LogP contribution in [0.2, 0.25) is 0 Å². The molecule has 0 spiro atoms. The summed E-state index contributed by atoms with van der Waals surface area (Å²) in [6.07, 6.45) is 5.65. The normalized spacial score (nSPS) is 25.6. The second-order valence-corrected chi connectivity index (χ2v) is 6.01. The summed E-state index contributed by atoms with van der Waals surface area (Å²) in [5, 5.41) is 0. The van der Waals surface area contributed by atoms with E-state index >= 15 is 0 Å². The molecule has 2 atom stereocenters. The number of hydrogen-bond acceptors (Lipinski definition) is 3. The van der Waals surface area contributed by atoms with E-state index in [0.717, 1.165) is 6.42 Å². The molecule has 17 heavy (non-hydrogen) atoms. The summed E-state index contributed by atoms with van der Waals surface area (Å²) in [5.41, 5.74) is -0.394. The number of rotatable bonds is 4. The molecule has 1 fully saturated rings. The van der Waals surface area contributed by atoms with Gasteiger partial charge in [0, 0.05) is 0 Å². The van der Waals surface area contributed by atoms with Gasteiger partial charge in [-0.2, -0.15) is 0 Å². The Morgan fingerprint density at radius 3 is 2.47 bits per heavy atom. The van der Waals surface area contributed by atoms with Crippen molar-refractivity contribution in [3.63, 3.8) is 0 Å². The van der Waals surface area contributed by atoms with E-state index in [0.29, 0.717) is 25.0 Å². The highest BCUT2D eigenvalue weighted by molar-refractivity contribution is 5.69. The molecule has 2 unspecified atom stereocenters. The minimum Gasteiger partial charge on any atom is -0.460 e. The van der Waals surface area contributed by atoms with Crippen molar-refractivity contribution in [3.05, 3.63) is 0 Å². The SMILES string of the molecule is CC1CCCCC1OCCC(=O)OC(C)(C)C. The topological polar surface area (TPSA) is 35.5 Å². The van der Waals surface area contributed by atoms with Gasteiger partial charge in [-0.1, -0.05) is 19.8 Å². The highest BCUT2D eigenvalue weighted by Gasteiger charge is 2.22. The molecule has 0 N–H and O–H groups in total. The quantitative estimate of drug-likeness (QED) is 0.709. The largest absolute Gasteiger partial charge is 0.460 e. The van der Waals surface area contributed by atoms with Crippen LogP contribution in [0.1, 0.15) is 59.8 Å². The summed E-state index contributed by atoms with van der Waals surface area (Å²) in [7, 11) is 0. The molecule has 0 aliphatic heterocycles.